The fourth-order valence-corrected chi connectivity index (χ4v) is 2.93. The van der Waals surface area contributed by atoms with Crippen LogP contribution in [0, 0.1) is 11.8 Å². The zero-order valence-electron chi connectivity index (χ0n) is 10.7. The van der Waals surface area contributed by atoms with Gasteiger partial charge in [0.05, 0.1) is 0 Å². The molecule has 0 aromatic rings. The van der Waals surface area contributed by atoms with Gasteiger partial charge in [0.15, 0.2) is 0 Å². The van der Waals surface area contributed by atoms with Crippen molar-refractivity contribution in [3.05, 3.63) is 0 Å². The molecule has 1 rings (SSSR count). The van der Waals surface area contributed by atoms with Gasteiger partial charge >= 0.3 is 0 Å². The van der Waals surface area contributed by atoms with Gasteiger partial charge in [-0.25, -0.2) is 0 Å². The molecule has 1 heteroatoms. The predicted molar refractivity (Wildman–Crippen MR) is 68.1 cm³/mol. The molecule has 0 bridgehead atoms. The van der Waals surface area contributed by atoms with Crippen molar-refractivity contribution in [1.29, 1.82) is 0 Å². The van der Waals surface area contributed by atoms with E-state index in [0.29, 0.717) is 0 Å². The minimum atomic E-state index is 0.992. The van der Waals surface area contributed by atoms with Gasteiger partial charge in [-0.05, 0) is 31.3 Å². The van der Waals surface area contributed by atoms with Crippen LogP contribution in [0.5, 0.6) is 0 Å². The molecular weight excluding hydrogens is 182 g/mol. The van der Waals surface area contributed by atoms with E-state index in [4.69, 9.17) is 0 Å². The van der Waals surface area contributed by atoms with E-state index in [9.17, 15) is 0 Å². The van der Waals surface area contributed by atoms with Gasteiger partial charge in [0.25, 0.3) is 0 Å². The van der Waals surface area contributed by atoms with Crippen LogP contribution in [0.1, 0.15) is 65.2 Å². The van der Waals surface area contributed by atoms with Gasteiger partial charge < -0.3 is 5.32 Å². The summed E-state index contributed by atoms with van der Waals surface area (Å²) in [5.41, 5.74) is 0. The second-order valence-electron chi connectivity index (χ2n) is 5.11. The first kappa shape index (κ1) is 13.0. The maximum absolute atomic E-state index is 3.52. The van der Waals surface area contributed by atoms with Crippen LogP contribution in [0.25, 0.3) is 0 Å². The van der Waals surface area contributed by atoms with Crippen molar-refractivity contribution in [3.8, 4) is 0 Å². The molecule has 2 atom stereocenters. The summed E-state index contributed by atoms with van der Waals surface area (Å²) >= 11 is 0. The molecule has 1 N–H and O–H groups in total. The third-order valence-electron chi connectivity index (χ3n) is 3.90. The van der Waals surface area contributed by atoms with Gasteiger partial charge in [-0.1, -0.05) is 58.8 Å². The summed E-state index contributed by atoms with van der Waals surface area (Å²) in [6.45, 7) is 6.92. The van der Waals surface area contributed by atoms with Gasteiger partial charge in [-0.15, -0.1) is 0 Å². The van der Waals surface area contributed by atoms with Crippen molar-refractivity contribution >= 4 is 0 Å². The monoisotopic (exact) mass is 211 g/mol. The largest absolute Gasteiger partial charge is 0.317 e. The molecule has 0 aliphatic heterocycles. The highest BCUT2D eigenvalue weighted by molar-refractivity contribution is 4.78. The number of nitrogens with one attached hydrogen (secondary N) is 1. The fourth-order valence-electron chi connectivity index (χ4n) is 2.93. The van der Waals surface area contributed by atoms with Crippen molar-refractivity contribution in [2.45, 2.75) is 65.2 Å². The predicted octanol–water partition coefficient (Wildman–Crippen LogP) is 3.98. The van der Waals surface area contributed by atoms with Crippen LogP contribution in [0.4, 0.5) is 0 Å². The molecule has 1 nitrogen and oxygen atoms in total. The van der Waals surface area contributed by atoms with E-state index in [-0.39, 0.29) is 0 Å². The second-order valence-corrected chi connectivity index (χ2v) is 5.11. The average molecular weight is 211 g/mol. The first-order valence-corrected chi connectivity index (χ1v) is 7.09. The summed E-state index contributed by atoms with van der Waals surface area (Å²) in [4.78, 5) is 0. The number of rotatable bonds is 8. The molecular formula is C14H29N. The van der Waals surface area contributed by atoms with Crippen molar-refractivity contribution in [2.24, 2.45) is 11.8 Å². The number of hydrogen-bond acceptors (Lipinski definition) is 1. The standard InChI is InChI=1S/C14H29N/c1-3-5-6-7-9-13-10-8-11-14(13)12-15-4-2/h13-15H,3-12H2,1-2H3. The van der Waals surface area contributed by atoms with E-state index in [2.05, 4.69) is 19.2 Å². The quantitative estimate of drug-likeness (QED) is 0.599. The number of hydrogen-bond donors (Lipinski definition) is 1. The summed E-state index contributed by atoms with van der Waals surface area (Å²) < 4.78 is 0. The van der Waals surface area contributed by atoms with E-state index >= 15 is 0 Å². The number of unbranched alkanes of at least 4 members (excludes halogenated alkanes) is 3. The third kappa shape index (κ3) is 5.01. The molecule has 1 aliphatic rings. The summed E-state index contributed by atoms with van der Waals surface area (Å²) in [5.74, 6) is 2.03. The van der Waals surface area contributed by atoms with Crippen molar-refractivity contribution in [3.63, 3.8) is 0 Å². The summed E-state index contributed by atoms with van der Waals surface area (Å²) in [5, 5.41) is 3.52. The van der Waals surface area contributed by atoms with Crippen LogP contribution in [-0.4, -0.2) is 13.1 Å². The van der Waals surface area contributed by atoms with E-state index < -0.39 is 0 Å². The Morgan fingerprint density at radius 1 is 1.00 bits per heavy atom. The molecule has 0 aromatic heterocycles. The summed E-state index contributed by atoms with van der Waals surface area (Å²) in [7, 11) is 0. The molecule has 0 saturated heterocycles. The SMILES string of the molecule is CCCCCCC1CCCC1CNCC. The maximum Gasteiger partial charge on any atom is -0.00180 e. The lowest BCUT2D eigenvalue weighted by atomic mass is 9.90. The van der Waals surface area contributed by atoms with Crippen LogP contribution < -0.4 is 5.32 Å². The molecule has 0 aromatic carbocycles. The highest BCUT2D eigenvalue weighted by atomic mass is 14.8. The van der Waals surface area contributed by atoms with Crippen LogP contribution in [0.15, 0.2) is 0 Å². The first-order valence-electron chi connectivity index (χ1n) is 7.09. The van der Waals surface area contributed by atoms with Crippen LogP contribution >= 0.6 is 0 Å². The molecule has 1 aliphatic carbocycles. The molecule has 0 radical (unpaired) electrons. The Morgan fingerprint density at radius 2 is 1.80 bits per heavy atom. The second kappa shape index (κ2) is 8.15. The Kier molecular flexibility index (Phi) is 7.08. The molecule has 1 fully saturated rings. The molecule has 0 heterocycles. The van der Waals surface area contributed by atoms with E-state index in [1.165, 1.54) is 57.9 Å². The highest BCUT2D eigenvalue weighted by Crippen LogP contribution is 2.34. The van der Waals surface area contributed by atoms with E-state index in [1.54, 1.807) is 0 Å². The van der Waals surface area contributed by atoms with Crippen molar-refractivity contribution in [1.82, 2.24) is 5.32 Å². The normalized spacial score (nSPS) is 26.0. The molecule has 15 heavy (non-hydrogen) atoms. The minimum absolute atomic E-state index is 0.992. The molecule has 2 unspecified atom stereocenters. The third-order valence-corrected chi connectivity index (χ3v) is 3.90. The van der Waals surface area contributed by atoms with Gasteiger partial charge in [0, 0.05) is 0 Å². The van der Waals surface area contributed by atoms with Crippen LogP contribution in [0.2, 0.25) is 0 Å². The Balaban J connectivity index is 2.09. The van der Waals surface area contributed by atoms with Gasteiger partial charge in [0.1, 0.15) is 0 Å². The van der Waals surface area contributed by atoms with Crippen molar-refractivity contribution in [2.75, 3.05) is 13.1 Å². The molecule has 0 amide bonds. The Hall–Kier alpha value is -0.0400. The van der Waals surface area contributed by atoms with Gasteiger partial charge in [-0.2, -0.15) is 0 Å². The molecule has 1 saturated carbocycles. The lowest BCUT2D eigenvalue weighted by Gasteiger charge is -2.19. The first-order chi connectivity index (χ1) is 7.38. The minimum Gasteiger partial charge on any atom is -0.317 e. The maximum atomic E-state index is 3.52. The fraction of sp³-hybridized carbons (Fsp3) is 1.00. The van der Waals surface area contributed by atoms with Crippen LogP contribution in [0.3, 0.4) is 0 Å². The van der Waals surface area contributed by atoms with Gasteiger partial charge in [-0.3, -0.25) is 0 Å². The van der Waals surface area contributed by atoms with E-state index in [0.717, 1.165) is 18.4 Å². The lowest BCUT2D eigenvalue weighted by Crippen LogP contribution is -2.25. The zero-order chi connectivity index (χ0) is 10.9. The van der Waals surface area contributed by atoms with Gasteiger partial charge in [0.2, 0.25) is 0 Å². The topological polar surface area (TPSA) is 12.0 Å². The lowest BCUT2D eigenvalue weighted by molar-refractivity contribution is 0.338. The average Bonchev–Trinajstić information content (AvgIpc) is 2.69. The summed E-state index contributed by atoms with van der Waals surface area (Å²) in [6, 6.07) is 0. The van der Waals surface area contributed by atoms with Crippen molar-refractivity contribution < 1.29 is 0 Å². The Morgan fingerprint density at radius 3 is 2.53 bits per heavy atom. The molecule has 90 valence electrons. The smallest absolute Gasteiger partial charge is 0.00180 e. The summed E-state index contributed by atoms with van der Waals surface area (Å²) in [6.07, 6.45) is 11.7. The Bertz CT molecular complexity index is 144. The molecule has 0 spiro atoms. The Labute approximate surface area is 96.0 Å². The van der Waals surface area contributed by atoms with E-state index in [1.807, 2.05) is 0 Å². The zero-order valence-corrected chi connectivity index (χ0v) is 10.7. The highest BCUT2D eigenvalue weighted by Gasteiger charge is 2.25. The van der Waals surface area contributed by atoms with Crippen LogP contribution in [-0.2, 0) is 0 Å².